The molecule has 0 amide bonds. The van der Waals surface area contributed by atoms with Gasteiger partial charge in [-0.3, -0.25) is 4.90 Å². The van der Waals surface area contributed by atoms with Crippen molar-refractivity contribution < 1.29 is 8.42 Å². The molecule has 130 valence electrons. The number of aromatic nitrogens is 2. The lowest BCUT2D eigenvalue weighted by Crippen LogP contribution is -2.36. The third-order valence-electron chi connectivity index (χ3n) is 4.72. The van der Waals surface area contributed by atoms with Crippen molar-refractivity contribution in [2.45, 2.75) is 30.8 Å². The van der Waals surface area contributed by atoms with Crippen LogP contribution in [0.15, 0.2) is 41.6 Å². The van der Waals surface area contributed by atoms with Crippen LogP contribution in [0.25, 0.3) is 0 Å². The number of nitrogens with zero attached hydrogens (tertiary/aromatic N) is 4. The molecule has 1 aromatic carbocycles. The Morgan fingerprint density at radius 3 is 2.62 bits per heavy atom. The van der Waals surface area contributed by atoms with E-state index in [1.807, 2.05) is 43.9 Å². The molecule has 1 unspecified atom stereocenters. The summed E-state index contributed by atoms with van der Waals surface area (Å²) in [4.78, 5) is 6.90. The molecule has 2 heterocycles. The molecule has 0 spiro atoms. The molecule has 0 N–H and O–H groups in total. The summed E-state index contributed by atoms with van der Waals surface area (Å²) < 4.78 is 29.1. The minimum Gasteiger partial charge on any atom is -0.337 e. The van der Waals surface area contributed by atoms with Crippen LogP contribution < -0.4 is 0 Å². The van der Waals surface area contributed by atoms with Gasteiger partial charge in [-0.1, -0.05) is 17.7 Å². The minimum atomic E-state index is -3.41. The zero-order chi connectivity index (χ0) is 17.3. The first-order valence-electron chi connectivity index (χ1n) is 8.11. The van der Waals surface area contributed by atoms with Crippen LogP contribution in [0.3, 0.4) is 0 Å². The van der Waals surface area contributed by atoms with Gasteiger partial charge in [-0.2, -0.15) is 4.31 Å². The lowest BCUT2D eigenvalue weighted by Gasteiger charge is -2.24. The predicted molar refractivity (Wildman–Crippen MR) is 93.0 cm³/mol. The van der Waals surface area contributed by atoms with E-state index in [-0.39, 0.29) is 6.04 Å². The lowest BCUT2D eigenvalue weighted by atomic mass is 10.2. The fourth-order valence-electron chi connectivity index (χ4n) is 3.05. The molecule has 3 rings (SSSR count). The van der Waals surface area contributed by atoms with Crippen LogP contribution in [0.1, 0.15) is 17.8 Å². The van der Waals surface area contributed by atoms with E-state index in [4.69, 9.17) is 0 Å². The van der Waals surface area contributed by atoms with E-state index in [1.54, 1.807) is 22.6 Å². The zero-order valence-corrected chi connectivity index (χ0v) is 15.2. The van der Waals surface area contributed by atoms with Crippen LogP contribution in [0.2, 0.25) is 0 Å². The van der Waals surface area contributed by atoms with Gasteiger partial charge in [-0.15, -0.1) is 0 Å². The monoisotopic (exact) mass is 348 g/mol. The first-order chi connectivity index (χ1) is 11.4. The molecule has 0 saturated carbocycles. The highest BCUT2D eigenvalue weighted by Gasteiger charge is 2.34. The number of aryl methyl sites for hydroxylation is 2. The van der Waals surface area contributed by atoms with Gasteiger partial charge in [0.2, 0.25) is 10.0 Å². The van der Waals surface area contributed by atoms with Crippen LogP contribution in [0, 0.1) is 6.92 Å². The molecule has 1 atom stereocenters. The number of hydrogen-bond donors (Lipinski definition) is 0. The Labute approximate surface area is 143 Å². The van der Waals surface area contributed by atoms with Gasteiger partial charge >= 0.3 is 0 Å². The summed E-state index contributed by atoms with van der Waals surface area (Å²) in [5.74, 6) is 0.984. The molecule has 1 saturated heterocycles. The Bertz CT molecular complexity index is 798. The SMILES string of the molecule is Cc1ccc(S(=O)(=O)N2CCC(N(C)Cc3nccn3C)C2)cc1. The van der Waals surface area contributed by atoms with Gasteiger partial charge in [0, 0.05) is 38.6 Å². The van der Waals surface area contributed by atoms with Gasteiger partial charge < -0.3 is 4.57 Å². The van der Waals surface area contributed by atoms with E-state index in [9.17, 15) is 8.42 Å². The Morgan fingerprint density at radius 1 is 1.29 bits per heavy atom. The van der Waals surface area contributed by atoms with Crippen LogP contribution >= 0.6 is 0 Å². The van der Waals surface area contributed by atoms with Crippen molar-refractivity contribution in [3.63, 3.8) is 0 Å². The first-order valence-corrected chi connectivity index (χ1v) is 9.55. The van der Waals surface area contributed by atoms with E-state index in [2.05, 4.69) is 9.88 Å². The Balaban J connectivity index is 1.68. The number of imidazole rings is 1. The number of rotatable bonds is 5. The quantitative estimate of drug-likeness (QED) is 0.824. The van der Waals surface area contributed by atoms with Crippen LogP contribution in [-0.2, 0) is 23.6 Å². The van der Waals surface area contributed by atoms with Crippen molar-refractivity contribution in [1.82, 2.24) is 18.8 Å². The van der Waals surface area contributed by atoms with Crippen molar-refractivity contribution >= 4 is 10.0 Å². The standard InChI is InChI=1S/C17H24N4O2S/c1-14-4-6-16(7-5-14)24(22,23)21-10-8-15(12-21)20(3)13-17-18-9-11-19(17)2/h4-7,9,11,15H,8,10,12-13H2,1-3H3. The van der Waals surface area contributed by atoms with E-state index in [0.717, 1.165) is 17.8 Å². The molecule has 6 nitrogen and oxygen atoms in total. The maximum Gasteiger partial charge on any atom is 0.243 e. The summed E-state index contributed by atoms with van der Waals surface area (Å²) in [6, 6.07) is 7.27. The van der Waals surface area contributed by atoms with E-state index in [0.29, 0.717) is 24.5 Å². The molecule has 1 aromatic heterocycles. The van der Waals surface area contributed by atoms with Crippen molar-refractivity contribution in [2.24, 2.45) is 7.05 Å². The van der Waals surface area contributed by atoms with Gasteiger partial charge in [-0.25, -0.2) is 13.4 Å². The molecule has 2 aromatic rings. The molecule has 7 heteroatoms. The number of sulfonamides is 1. The van der Waals surface area contributed by atoms with Gasteiger partial charge in [0.1, 0.15) is 5.82 Å². The Morgan fingerprint density at radius 2 is 2.00 bits per heavy atom. The molecule has 24 heavy (non-hydrogen) atoms. The van der Waals surface area contributed by atoms with Crippen molar-refractivity contribution in [3.05, 3.63) is 48.0 Å². The van der Waals surface area contributed by atoms with E-state index >= 15 is 0 Å². The molecule has 1 fully saturated rings. The smallest absolute Gasteiger partial charge is 0.243 e. The van der Waals surface area contributed by atoms with Crippen LogP contribution in [-0.4, -0.2) is 53.4 Å². The third kappa shape index (κ3) is 3.38. The molecule has 0 radical (unpaired) electrons. The summed E-state index contributed by atoms with van der Waals surface area (Å²) in [5.41, 5.74) is 1.06. The molecule has 1 aliphatic rings. The highest BCUT2D eigenvalue weighted by atomic mass is 32.2. The normalized spacial score (nSPS) is 19.2. The molecule has 0 bridgehead atoms. The third-order valence-corrected chi connectivity index (χ3v) is 6.60. The molecule has 1 aliphatic heterocycles. The van der Waals surface area contributed by atoms with E-state index in [1.165, 1.54) is 0 Å². The van der Waals surface area contributed by atoms with Gasteiger partial charge in [-0.05, 0) is 32.5 Å². The Hall–Kier alpha value is -1.70. The Kier molecular flexibility index (Phi) is 4.76. The summed E-state index contributed by atoms with van der Waals surface area (Å²) in [7, 11) is 0.594. The fourth-order valence-corrected chi connectivity index (χ4v) is 4.54. The molecule has 0 aliphatic carbocycles. The molecular formula is C17H24N4O2S. The van der Waals surface area contributed by atoms with Gasteiger partial charge in [0.15, 0.2) is 0 Å². The van der Waals surface area contributed by atoms with Crippen molar-refractivity contribution in [2.75, 3.05) is 20.1 Å². The average Bonchev–Trinajstić information content (AvgIpc) is 3.18. The summed E-state index contributed by atoms with van der Waals surface area (Å²) >= 11 is 0. The largest absolute Gasteiger partial charge is 0.337 e. The highest BCUT2D eigenvalue weighted by molar-refractivity contribution is 7.89. The van der Waals surface area contributed by atoms with Crippen LogP contribution in [0.5, 0.6) is 0 Å². The minimum absolute atomic E-state index is 0.210. The maximum absolute atomic E-state index is 12.8. The second kappa shape index (κ2) is 6.66. The summed E-state index contributed by atoms with van der Waals surface area (Å²) in [5, 5.41) is 0. The average molecular weight is 348 g/mol. The first kappa shape index (κ1) is 17.1. The van der Waals surface area contributed by atoms with Gasteiger partial charge in [0.05, 0.1) is 11.4 Å². The maximum atomic E-state index is 12.8. The number of hydrogen-bond acceptors (Lipinski definition) is 4. The summed E-state index contributed by atoms with van der Waals surface area (Å²) in [6.45, 7) is 3.75. The number of likely N-dealkylation sites (N-methyl/N-ethyl adjacent to an activating group) is 1. The van der Waals surface area contributed by atoms with Gasteiger partial charge in [0.25, 0.3) is 0 Å². The predicted octanol–water partition coefficient (Wildman–Crippen LogP) is 1.62. The van der Waals surface area contributed by atoms with Crippen molar-refractivity contribution in [1.29, 1.82) is 0 Å². The second-order valence-corrected chi connectivity index (χ2v) is 8.43. The fraction of sp³-hybridized carbons (Fsp3) is 0.471. The molecular weight excluding hydrogens is 324 g/mol. The zero-order valence-electron chi connectivity index (χ0n) is 14.4. The lowest BCUT2D eigenvalue weighted by molar-refractivity contribution is 0.234. The topological polar surface area (TPSA) is 58.4 Å². The highest BCUT2D eigenvalue weighted by Crippen LogP contribution is 2.24. The van der Waals surface area contributed by atoms with Crippen LogP contribution in [0.4, 0.5) is 0 Å². The van der Waals surface area contributed by atoms with E-state index < -0.39 is 10.0 Å². The summed E-state index contributed by atoms with van der Waals surface area (Å²) in [6.07, 6.45) is 4.55. The second-order valence-electron chi connectivity index (χ2n) is 6.49. The van der Waals surface area contributed by atoms with Crippen molar-refractivity contribution in [3.8, 4) is 0 Å². The number of benzene rings is 1.